The van der Waals surface area contributed by atoms with Gasteiger partial charge in [0.2, 0.25) is 0 Å². The van der Waals surface area contributed by atoms with Crippen molar-refractivity contribution in [3.8, 4) is 44.5 Å². The number of para-hydroxylation sites is 2. The predicted octanol–water partition coefficient (Wildman–Crippen LogP) is 17.2. The first-order valence-corrected chi connectivity index (χ1v) is 21.6. The molecule has 12 aromatic rings. The molecule has 0 aliphatic rings. The summed E-state index contributed by atoms with van der Waals surface area (Å²) in [6, 6.07) is 81.3. The third kappa shape index (κ3) is 6.09. The number of thiophene rings is 1. The van der Waals surface area contributed by atoms with E-state index < -0.39 is 0 Å². The predicted molar refractivity (Wildman–Crippen MR) is 261 cm³/mol. The second-order valence-electron chi connectivity index (χ2n) is 15.7. The maximum absolute atomic E-state index is 6.26. The van der Waals surface area contributed by atoms with E-state index in [2.05, 4.69) is 217 Å². The summed E-state index contributed by atoms with van der Waals surface area (Å²) in [4.78, 5) is 2.42. The molecule has 2 nitrogen and oxygen atoms in total. The van der Waals surface area contributed by atoms with E-state index in [0.717, 1.165) is 55.7 Å². The van der Waals surface area contributed by atoms with Crippen molar-refractivity contribution in [1.82, 2.24) is 0 Å². The lowest BCUT2D eigenvalue weighted by Gasteiger charge is -2.29. The van der Waals surface area contributed by atoms with Gasteiger partial charge in [0.15, 0.2) is 0 Å². The molecule has 0 spiro atoms. The summed E-state index contributed by atoms with van der Waals surface area (Å²) >= 11 is 1.88. The first-order valence-electron chi connectivity index (χ1n) is 20.7. The number of furan rings is 1. The van der Waals surface area contributed by atoms with Gasteiger partial charge in [0.25, 0.3) is 0 Å². The minimum Gasteiger partial charge on any atom is -0.456 e. The van der Waals surface area contributed by atoms with Gasteiger partial charge in [-0.25, -0.2) is 0 Å². The molecule has 0 bridgehead atoms. The maximum Gasteiger partial charge on any atom is 0.135 e. The molecule has 0 unspecified atom stereocenters. The smallest absolute Gasteiger partial charge is 0.135 e. The standard InChI is InChI=1S/C58H37NOS/c1-2-22-46-38(14-1)15-12-26-47(46)42-19-11-21-45(36-42)59(54-29-6-3-23-48(54)43-32-33-56-53(37-43)50-24-4-7-30-55(50)60-56)44-20-10-17-40(35-44)39-16-9-18-41(34-39)49-27-13-28-52-51-25-5-8-31-57(51)61-58(49)52/h1-37H. The highest BCUT2D eigenvalue weighted by atomic mass is 32.1. The average Bonchev–Trinajstić information content (AvgIpc) is 3.90. The third-order valence-corrected chi connectivity index (χ3v) is 13.3. The Morgan fingerprint density at radius 3 is 1.77 bits per heavy atom. The Morgan fingerprint density at radius 1 is 0.328 bits per heavy atom. The van der Waals surface area contributed by atoms with Gasteiger partial charge in [0.1, 0.15) is 11.2 Å². The van der Waals surface area contributed by atoms with Crippen molar-refractivity contribution in [3.05, 3.63) is 224 Å². The molecule has 0 aliphatic heterocycles. The zero-order valence-electron chi connectivity index (χ0n) is 33.1. The summed E-state index contributed by atoms with van der Waals surface area (Å²) in [5.74, 6) is 0. The van der Waals surface area contributed by atoms with Gasteiger partial charge in [0.05, 0.1) is 5.69 Å². The van der Waals surface area contributed by atoms with Crippen molar-refractivity contribution in [1.29, 1.82) is 0 Å². The van der Waals surface area contributed by atoms with Crippen molar-refractivity contribution in [2.24, 2.45) is 0 Å². The van der Waals surface area contributed by atoms with E-state index in [0.29, 0.717) is 0 Å². The van der Waals surface area contributed by atoms with Crippen molar-refractivity contribution >= 4 is 81.3 Å². The van der Waals surface area contributed by atoms with Crippen LogP contribution in [0.4, 0.5) is 17.1 Å². The van der Waals surface area contributed by atoms with Crippen molar-refractivity contribution in [2.75, 3.05) is 4.90 Å². The molecule has 0 N–H and O–H groups in total. The largest absolute Gasteiger partial charge is 0.456 e. The van der Waals surface area contributed by atoms with E-state index in [-0.39, 0.29) is 0 Å². The van der Waals surface area contributed by atoms with E-state index in [1.165, 1.54) is 58.8 Å². The van der Waals surface area contributed by atoms with Crippen LogP contribution in [0.2, 0.25) is 0 Å². The summed E-state index contributed by atoms with van der Waals surface area (Å²) in [6.07, 6.45) is 0. The zero-order chi connectivity index (χ0) is 40.3. The fourth-order valence-electron chi connectivity index (χ4n) is 9.19. The number of anilines is 3. The zero-order valence-corrected chi connectivity index (χ0v) is 33.9. The molecule has 0 saturated carbocycles. The Kier molecular flexibility index (Phi) is 8.39. The van der Waals surface area contributed by atoms with Crippen LogP contribution in [0, 0.1) is 0 Å². The molecule has 2 heterocycles. The van der Waals surface area contributed by atoms with Gasteiger partial charge in [-0.1, -0.05) is 164 Å². The molecule has 0 radical (unpaired) electrons. The molecule has 12 rings (SSSR count). The SMILES string of the molecule is c1cc(-c2cccc(N(c3cccc(-c4cccc5ccccc45)c3)c3ccccc3-c3ccc4oc5ccccc5c4c3)c2)cc(-c2cccc3c2sc2ccccc23)c1. The number of rotatable bonds is 7. The van der Waals surface area contributed by atoms with E-state index >= 15 is 0 Å². The summed E-state index contributed by atoms with van der Waals surface area (Å²) in [7, 11) is 0. The van der Waals surface area contributed by atoms with Gasteiger partial charge >= 0.3 is 0 Å². The van der Waals surface area contributed by atoms with Gasteiger partial charge in [-0.3, -0.25) is 0 Å². The van der Waals surface area contributed by atoms with E-state index in [1.54, 1.807) is 0 Å². The first-order chi connectivity index (χ1) is 30.2. The van der Waals surface area contributed by atoms with Gasteiger partial charge in [-0.15, -0.1) is 11.3 Å². The number of benzene rings is 10. The minimum atomic E-state index is 0.889. The fraction of sp³-hybridized carbons (Fsp3) is 0. The highest BCUT2D eigenvalue weighted by Gasteiger charge is 2.20. The van der Waals surface area contributed by atoms with Crippen LogP contribution in [0.25, 0.3) is 97.4 Å². The molecule has 61 heavy (non-hydrogen) atoms. The van der Waals surface area contributed by atoms with Crippen LogP contribution in [0.15, 0.2) is 229 Å². The quantitative estimate of drug-likeness (QED) is 0.160. The van der Waals surface area contributed by atoms with Crippen LogP contribution in [0.5, 0.6) is 0 Å². The third-order valence-electron chi connectivity index (χ3n) is 12.1. The highest BCUT2D eigenvalue weighted by molar-refractivity contribution is 7.26. The van der Waals surface area contributed by atoms with Crippen molar-refractivity contribution < 1.29 is 4.42 Å². The van der Waals surface area contributed by atoms with Crippen LogP contribution in [-0.2, 0) is 0 Å². The first kappa shape index (κ1) is 35.2. The van der Waals surface area contributed by atoms with Crippen molar-refractivity contribution in [3.63, 3.8) is 0 Å². The molecular formula is C58H37NOS. The van der Waals surface area contributed by atoms with Crippen LogP contribution in [-0.4, -0.2) is 0 Å². The Labute approximate surface area is 357 Å². The molecule has 3 heteroatoms. The number of hydrogen-bond acceptors (Lipinski definition) is 3. The van der Waals surface area contributed by atoms with Crippen LogP contribution in [0.1, 0.15) is 0 Å². The van der Waals surface area contributed by atoms with E-state index in [4.69, 9.17) is 4.42 Å². The second-order valence-corrected chi connectivity index (χ2v) is 16.7. The second kappa shape index (κ2) is 14.5. The molecule has 0 fully saturated rings. The fourth-order valence-corrected chi connectivity index (χ4v) is 10.4. The summed E-state index contributed by atoms with van der Waals surface area (Å²) in [5.41, 5.74) is 14.5. The number of hydrogen-bond donors (Lipinski definition) is 0. The van der Waals surface area contributed by atoms with Crippen LogP contribution < -0.4 is 4.90 Å². The Hall–Kier alpha value is -7.72. The summed E-state index contributed by atoms with van der Waals surface area (Å²) in [5, 5.41) is 7.33. The number of nitrogens with zero attached hydrogens (tertiary/aromatic N) is 1. The Bertz CT molecular complexity index is 3620. The van der Waals surface area contributed by atoms with Crippen molar-refractivity contribution in [2.45, 2.75) is 0 Å². The summed E-state index contributed by atoms with van der Waals surface area (Å²) in [6.45, 7) is 0. The van der Waals surface area contributed by atoms with E-state index in [9.17, 15) is 0 Å². The summed E-state index contributed by atoms with van der Waals surface area (Å²) < 4.78 is 8.90. The molecule has 0 atom stereocenters. The van der Waals surface area contributed by atoms with Gasteiger partial charge < -0.3 is 9.32 Å². The van der Waals surface area contributed by atoms with Crippen LogP contribution >= 0.6 is 11.3 Å². The van der Waals surface area contributed by atoms with Gasteiger partial charge in [0, 0.05) is 47.9 Å². The lowest BCUT2D eigenvalue weighted by Crippen LogP contribution is -2.11. The monoisotopic (exact) mass is 795 g/mol. The molecule has 10 aromatic carbocycles. The van der Waals surface area contributed by atoms with Gasteiger partial charge in [-0.05, 0) is 110 Å². The lowest BCUT2D eigenvalue weighted by molar-refractivity contribution is 0.669. The minimum absolute atomic E-state index is 0.889. The van der Waals surface area contributed by atoms with Gasteiger partial charge in [-0.2, -0.15) is 0 Å². The molecule has 286 valence electrons. The Morgan fingerprint density at radius 2 is 0.885 bits per heavy atom. The molecule has 0 saturated heterocycles. The lowest BCUT2D eigenvalue weighted by atomic mass is 9.96. The Balaban J connectivity index is 1.02. The molecule has 2 aromatic heterocycles. The molecule has 0 amide bonds. The molecule has 0 aliphatic carbocycles. The topological polar surface area (TPSA) is 16.4 Å². The maximum atomic E-state index is 6.26. The number of fused-ring (bicyclic) bond motifs is 7. The molecular weight excluding hydrogens is 759 g/mol. The normalized spacial score (nSPS) is 11.6. The average molecular weight is 796 g/mol. The van der Waals surface area contributed by atoms with E-state index in [1.807, 2.05) is 23.5 Å². The highest BCUT2D eigenvalue weighted by Crippen LogP contribution is 2.45. The van der Waals surface area contributed by atoms with Crippen LogP contribution in [0.3, 0.4) is 0 Å².